The molecular weight excluding hydrogens is 259 g/mol. The summed E-state index contributed by atoms with van der Waals surface area (Å²) in [4.78, 5) is 15.3. The number of halogens is 3. The normalized spacial score (nSPS) is 15.9. The Bertz CT molecular complexity index is 508. The molecule has 19 heavy (non-hydrogen) atoms. The van der Waals surface area contributed by atoms with Gasteiger partial charge in [-0.15, -0.1) is 0 Å². The molecule has 102 valence electrons. The van der Waals surface area contributed by atoms with Crippen LogP contribution in [0, 0.1) is 0 Å². The van der Waals surface area contributed by atoms with E-state index in [4.69, 9.17) is 0 Å². The van der Waals surface area contributed by atoms with E-state index in [0.717, 1.165) is 29.3 Å². The van der Waals surface area contributed by atoms with Gasteiger partial charge in [0.05, 0.1) is 12.0 Å². The van der Waals surface area contributed by atoms with E-state index in [1.807, 2.05) is 6.92 Å². The Labute approximate surface area is 107 Å². The van der Waals surface area contributed by atoms with Crippen LogP contribution in [0.3, 0.4) is 0 Å². The number of hydrazone groups is 1. The zero-order valence-electron chi connectivity index (χ0n) is 10.2. The Balaban J connectivity index is 2.21. The Hall–Kier alpha value is -1.92. The third-order valence-corrected chi connectivity index (χ3v) is 2.66. The van der Waals surface area contributed by atoms with Gasteiger partial charge in [0.2, 0.25) is 0 Å². The van der Waals surface area contributed by atoms with E-state index >= 15 is 0 Å². The molecule has 4 nitrogen and oxygen atoms in total. The average molecular weight is 271 g/mol. The number of carbonyl (C=O) groups is 1. The van der Waals surface area contributed by atoms with Gasteiger partial charge in [-0.1, -0.05) is 13.3 Å². The molecule has 0 saturated carbocycles. The number of anilines is 1. The summed E-state index contributed by atoms with van der Waals surface area (Å²) in [6, 6.07) is 2.04. The minimum Gasteiger partial charge on any atom is -0.272 e. The molecule has 0 atom stereocenters. The Morgan fingerprint density at radius 2 is 2.11 bits per heavy atom. The molecule has 0 unspecified atom stereocenters. The fourth-order valence-electron chi connectivity index (χ4n) is 1.77. The minimum atomic E-state index is -4.43. The molecule has 0 bridgehead atoms. The van der Waals surface area contributed by atoms with Gasteiger partial charge in [0, 0.05) is 11.9 Å². The minimum absolute atomic E-state index is 0.115. The predicted molar refractivity (Wildman–Crippen MR) is 63.7 cm³/mol. The van der Waals surface area contributed by atoms with Crippen LogP contribution in [0.4, 0.5) is 19.0 Å². The first kappa shape index (κ1) is 13.5. The van der Waals surface area contributed by atoms with Gasteiger partial charge >= 0.3 is 6.18 Å². The first-order valence-electron chi connectivity index (χ1n) is 5.84. The van der Waals surface area contributed by atoms with Gasteiger partial charge in [0.1, 0.15) is 0 Å². The molecule has 1 aliphatic heterocycles. The summed E-state index contributed by atoms with van der Waals surface area (Å²) in [6.45, 7) is 1.96. The number of hydrogen-bond donors (Lipinski definition) is 0. The fraction of sp³-hybridized carbons (Fsp3) is 0.417. The smallest absolute Gasteiger partial charge is 0.272 e. The predicted octanol–water partition coefficient (Wildman–Crippen LogP) is 2.99. The quantitative estimate of drug-likeness (QED) is 0.848. The Kier molecular flexibility index (Phi) is 3.55. The summed E-state index contributed by atoms with van der Waals surface area (Å²) in [5, 5.41) is 5.14. The van der Waals surface area contributed by atoms with E-state index in [1.165, 1.54) is 0 Å². The number of rotatable bonds is 3. The molecule has 0 saturated heterocycles. The van der Waals surface area contributed by atoms with Crippen LogP contribution in [-0.2, 0) is 11.0 Å². The molecule has 0 fully saturated rings. The van der Waals surface area contributed by atoms with E-state index in [9.17, 15) is 18.0 Å². The third kappa shape index (κ3) is 2.91. The summed E-state index contributed by atoms with van der Waals surface area (Å²) in [5.74, 6) is -0.153. The van der Waals surface area contributed by atoms with Gasteiger partial charge in [-0.25, -0.2) is 4.98 Å². The summed E-state index contributed by atoms with van der Waals surface area (Å²) >= 11 is 0. The molecular formula is C12H12F3N3O. The summed E-state index contributed by atoms with van der Waals surface area (Å²) in [7, 11) is 0. The lowest BCUT2D eigenvalue weighted by Crippen LogP contribution is -2.21. The highest BCUT2D eigenvalue weighted by molar-refractivity contribution is 6.12. The van der Waals surface area contributed by atoms with Crippen LogP contribution in [0.1, 0.15) is 31.7 Å². The molecule has 2 heterocycles. The maximum Gasteiger partial charge on any atom is 0.417 e. The Morgan fingerprint density at radius 3 is 2.63 bits per heavy atom. The number of aromatic nitrogens is 1. The molecule has 0 spiro atoms. The van der Waals surface area contributed by atoms with Crippen LogP contribution >= 0.6 is 0 Å². The second-order valence-electron chi connectivity index (χ2n) is 4.20. The average Bonchev–Trinajstić information content (AvgIpc) is 2.70. The number of alkyl halides is 3. The van der Waals surface area contributed by atoms with Gasteiger partial charge in [-0.05, 0) is 18.6 Å². The van der Waals surface area contributed by atoms with Crippen molar-refractivity contribution in [1.82, 2.24) is 4.98 Å². The monoisotopic (exact) mass is 271 g/mol. The maximum absolute atomic E-state index is 12.4. The van der Waals surface area contributed by atoms with Crippen LogP contribution in [0.15, 0.2) is 23.4 Å². The van der Waals surface area contributed by atoms with Crippen molar-refractivity contribution >= 4 is 17.4 Å². The number of nitrogens with zero attached hydrogens (tertiary/aromatic N) is 3. The molecule has 0 radical (unpaired) electrons. The number of amides is 1. The molecule has 1 aromatic rings. The first-order valence-corrected chi connectivity index (χ1v) is 5.84. The van der Waals surface area contributed by atoms with Crippen LogP contribution in [0.25, 0.3) is 0 Å². The van der Waals surface area contributed by atoms with Crippen LogP contribution < -0.4 is 5.01 Å². The molecule has 2 rings (SSSR count). The van der Waals surface area contributed by atoms with Gasteiger partial charge < -0.3 is 0 Å². The summed E-state index contributed by atoms with van der Waals surface area (Å²) in [5.41, 5.74) is -0.116. The SMILES string of the molecule is CCCC1=NN(c2ccc(C(F)(F)F)cn2)C(=O)C1. The van der Waals surface area contributed by atoms with Crippen molar-refractivity contribution in [2.75, 3.05) is 5.01 Å². The highest BCUT2D eigenvalue weighted by atomic mass is 19.4. The van der Waals surface area contributed by atoms with Crippen molar-refractivity contribution in [3.63, 3.8) is 0 Å². The molecule has 0 aromatic carbocycles. The van der Waals surface area contributed by atoms with Gasteiger partial charge in [-0.2, -0.15) is 23.3 Å². The zero-order valence-corrected chi connectivity index (χ0v) is 10.2. The fourth-order valence-corrected chi connectivity index (χ4v) is 1.77. The molecule has 1 amide bonds. The van der Waals surface area contributed by atoms with Crippen LogP contribution in [0.2, 0.25) is 0 Å². The largest absolute Gasteiger partial charge is 0.417 e. The lowest BCUT2D eigenvalue weighted by Gasteiger charge is -2.11. The van der Waals surface area contributed by atoms with Crippen LogP contribution in [-0.4, -0.2) is 16.6 Å². The molecule has 1 aliphatic rings. The van der Waals surface area contributed by atoms with Crippen LogP contribution in [0.5, 0.6) is 0 Å². The van der Waals surface area contributed by atoms with E-state index in [0.29, 0.717) is 12.6 Å². The zero-order chi connectivity index (χ0) is 14.0. The van der Waals surface area contributed by atoms with Gasteiger partial charge in [0.25, 0.3) is 5.91 Å². The summed E-state index contributed by atoms with van der Waals surface area (Å²) < 4.78 is 37.2. The Morgan fingerprint density at radius 1 is 1.37 bits per heavy atom. The van der Waals surface area contributed by atoms with Crippen molar-refractivity contribution in [1.29, 1.82) is 0 Å². The van der Waals surface area contributed by atoms with Crippen molar-refractivity contribution in [2.45, 2.75) is 32.4 Å². The van der Waals surface area contributed by atoms with Crippen molar-refractivity contribution in [3.8, 4) is 0 Å². The molecule has 7 heteroatoms. The van der Waals surface area contributed by atoms with E-state index in [2.05, 4.69) is 10.1 Å². The van der Waals surface area contributed by atoms with Gasteiger partial charge in [-0.3, -0.25) is 4.79 Å². The second-order valence-corrected chi connectivity index (χ2v) is 4.20. The lowest BCUT2D eigenvalue weighted by molar-refractivity contribution is -0.137. The number of carbonyl (C=O) groups excluding carboxylic acids is 1. The van der Waals surface area contributed by atoms with Crippen molar-refractivity contribution < 1.29 is 18.0 Å². The van der Waals surface area contributed by atoms with E-state index < -0.39 is 11.7 Å². The lowest BCUT2D eigenvalue weighted by atomic mass is 10.2. The standard InChI is InChI=1S/C12H12F3N3O/c1-2-3-9-6-11(19)18(17-9)10-5-4-8(7-16-10)12(13,14)15/h4-5,7H,2-3,6H2,1H3. The number of pyridine rings is 1. The molecule has 1 aromatic heterocycles. The third-order valence-electron chi connectivity index (χ3n) is 2.66. The van der Waals surface area contributed by atoms with Crippen molar-refractivity contribution in [2.24, 2.45) is 5.10 Å². The molecule has 0 N–H and O–H groups in total. The highest BCUT2D eigenvalue weighted by Gasteiger charge is 2.32. The van der Waals surface area contributed by atoms with Crippen molar-refractivity contribution in [3.05, 3.63) is 23.9 Å². The number of hydrogen-bond acceptors (Lipinski definition) is 3. The topological polar surface area (TPSA) is 45.6 Å². The first-order chi connectivity index (χ1) is 8.91. The maximum atomic E-state index is 12.4. The van der Waals surface area contributed by atoms with E-state index in [-0.39, 0.29) is 18.1 Å². The second kappa shape index (κ2) is 4.99. The molecule has 0 aliphatic carbocycles. The van der Waals surface area contributed by atoms with E-state index in [1.54, 1.807) is 0 Å². The van der Waals surface area contributed by atoms with Gasteiger partial charge in [0.15, 0.2) is 5.82 Å². The highest BCUT2D eigenvalue weighted by Crippen LogP contribution is 2.30. The summed E-state index contributed by atoms with van der Waals surface area (Å²) in [6.07, 6.45) is -1.97.